The van der Waals surface area contributed by atoms with E-state index in [0.29, 0.717) is 12.1 Å². The maximum absolute atomic E-state index is 14.3. The molecule has 0 bridgehead atoms. The molecule has 0 saturated heterocycles. The van der Waals surface area contributed by atoms with Gasteiger partial charge in [-0.15, -0.1) is 0 Å². The third-order valence-corrected chi connectivity index (χ3v) is 3.91. The molecule has 0 spiro atoms. The van der Waals surface area contributed by atoms with Crippen LogP contribution in [0.4, 0.5) is 4.39 Å². The molecule has 3 nitrogen and oxygen atoms in total. The fourth-order valence-corrected chi connectivity index (χ4v) is 2.94. The molecule has 3 aromatic rings. The number of rotatable bonds is 5. The van der Waals surface area contributed by atoms with E-state index in [4.69, 9.17) is 0 Å². The number of halogens is 1. The zero-order valence-electron chi connectivity index (χ0n) is 12.4. The molecule has 0 unspecified atom stereocenters. The van der Waals surface area contributed by atoms with Crippen LogP contribution < -0.4 is 5.32 Å². The van der Waals surface area contributed by atoms with Crippen LogP contribution in [0.1, 0.15) is 11.6 Å². The highest BCUT2D eigenvalue weighted by Crippen LogP contribution is 2.29. The summed E-state index contributed by atoms with van der Waals surface area (Å²) in [4.78, 5) is 0. The van der Waals surface area contributed by atoms with E-state index in [1.807, 2.05) is 53.2 Å². The lowest BCUT2D eigenvalue weighted by Gasteiger charge is -2.26. The van der Waals surface area contributed by atoms with Crippen LogP contribution in [0.5, 0.6) is 0 Å². The number of benzene rings is 2. The Balaban J connectivity index is 2.16. The fourth-order valence-electron chi connectivity index (χ4n) is 2.94. The van der Waals surface area contributed by atoms with Crippen molar-refractivity contribution >= 4 is 10.9 Å². The highest BCUT2D eigenvalue weighted by atomic mass is 19.1. The summed E-state index contributed by atoms with van der Waals surface area (Å²) >= 11 is 0. The van der Waals surface area contributed by atoms with Gasteiger partial charge in [-0.25, -0.2) is 4.39 Å². The van der Waals surface area contributed by atoms with Gasteiger partial charge in [0, 0.05) is 18.1 Å². The van der Waals surface area contributed by atoms with Gasteiger partial charge in [-0.05, 0) is 24.7 Å². The lowest BCUT2D eigenvalue weighted by Crippen LogP contribution is -2.33. The number of nitrogens with one attached hydrogen (secondary N) is 1. The summed E-state index contributed by atoms with van der Waals surface area (Å²) in [6, 6.07) is 16.2. The van der Waals surface area contributed by atoms with Gasteiger partial charge in [0.25, 0.3) is 0 Å². The SMILES string of the molecule is CNC[C@@H](O)[C@H](c1ccccc1)n1ccc2cccc(F)c21. The number of likely N-dealkylation sites (N-methyl/N-ethyl adjacent to an activating group) is 1. The molecule has 2 N–H and O–H groups in total. The van der Waals surface area contributed by atoms with E-state index < -0.39 is 6.10 Å². The van der Waals surface area contributed by atoms with Gasteiger partial charge >= 0.3 is 0 Å². The van der Waals surface area contributed by atoms with Gasteiger partial charge in [0.2, 0.25) is 0 Å². The zero-order chi connectivity index (χ0) is 15.5. The normalized spacial score (nSPS) is 14.1. The van der Waals surface area contributed by atoms with Gasteiger partial charge in [0.15, 0.2) is 0 Å². The topological polar surface area (TPSA) is 37.2 Å². The third kappa shape index (κ3) is 2.63. The Morgan fingerprint density at radius 2 is 1.86 bits per heavy atom. The summed E-state index contributed by atoms with van der Waals surface area (Å²) in [6.45, 7) is 0.424. The molecule has 0 aliphatic rings. The first-order valence-electron chi connectivity index (χ1n) is 7.35. The van der Waals surface area contributed by atoms with Gasteiger partial charge in [0.05, 0.1) is 17.7 Å². The van der Waals surface area contributed by atoms with Gasteiger partial charge < -0.3 is 15.0 Å². The fraction of sp³-hybridized carbons (Fsp3) is 0.222. The van der Waals surface area contributed by atoms with E-state index >= 15 is 0 Å². The molecular weight excluding hydrogens is 279 g/mol. The summed E-state index contributed by atoms with van der Waals surface area (Å²) in [5, 5.41) is 14.4. The molecule has 114 valence electrons. The largest absolute Gasteiger partial charge is 0.389 e. The van der Waals surface area contributed by atoms with E-state index in [1.165, 1.54) is 6.07 Å². The maximum atomic E-state index is 14.3. The first kappa shape index (κ1) is 14.8. The summed E-state index contributed by atoms with van der Waals surface area (Å²) in [7, 11) is 1.79. The molecule has 0 amide bonds. The van der Waals surface area contributed by atoms with Crippen LogP contribution in [-0.2, 0) is 0 Å². The van der Waals surface area contributed by atoms with Crippen molar-refractivity contribution in [3.8, 4) is 0 Å². The van der Waals surface area contributed by atoms with E-state index in [2.05, 4.69) is 5.32 Å². The Hall–Kier alpha value is -2.17. The lowest BCUT2D eigenvalue weighted by atomic mass is 10.0. The number of nitrogens with zero attached hydrogens (tertiary/aromatic N) is 1. The second-order valence-corrected chi connectivity index (χ2v) is 5.38. The molecule has 4 heteroatoms. The van der Waals surface area contributed by atoms with Crippen molar-refractivity contribution in [2.75, 3.05) is 13.6 Å². The van der Waals surface area contributed by atoms with Crippen molar-refractivity contribution in [1.82, 2.24) is 9.88 Å². The molecule has 2 atom stereocenters. The molecule has 22 heavy (non-hydrogen) atoms. The number of para-hydroxylation sites is 1. The molecule has 3 rings (SSSR count). The zero-order valence-corrected chi connectivity index (χ0v) is 12.4. The molecule has 0 fully saturated rings. The molecule has 1 heterocycles. The molecule has 0 aliphatic heterocycles. The van der Waals surface area contributed by atoms with Gasteiger partial charge in [-0.2, -0.15) is 0 Å². The van der Waals surface area contributed by atoms with Crippen LogP contribution in [-0.4, -0.2) is 29.4 Å². The molecule has 2 aromatic carbocycles. The maximum Gasteiger partial charge on any atom is 0.147 e. The van der Waals surface area contributed by atoms with Crippen LogP contribution in [0.3, 0.4) is 0 Å². The highest BCUT2D eigenvalue weighted by Gasteiger charge is 2.24. The molecule has 0 aliphatic carbocycles. The quantitative estimate of drug-likeness (QED) is 0.760. The molecule has 1 aromatic heterocycles. The van der Waals surface area contributed by atoms with E-state index in [1.54, 1.807) is 13.1 Å². The minimum Gasteiger partial charge on any atom is -0.389 e. The lowest BCUT2D eigenvalue weighted by molar-refractivity contribution is 0.132. The summed E-state index contributed by atoms with van der Waals surface area (Å²) in [6.07, 6.45) is 1.17. The van der Waals surface area contributed by atoms with Crippen molar-refractivity contribution in [3.05, 3.63) is 72.2 Å². The first-order valence-corrected chi connectivity index (χ1v) is 7.35. The Morgan fingerprint density at radius 3 is 2.59 bits per heavy atom. The number of fused-ring (bicyclic) bond motifs is 1. The second-order valence-electron chi connectivity index (χ2n) is 5.38. The highest BCUT2D eigenvalue weighted by molar-refractivity contribution is 5.81. The summed E-state index contributed by atoms with van der Waals surface area (Å²) in [5.41, 5.74) is 1.47. The van der Waals surface area contributed by atoms with Gasteiger partial charge in [0.1, 0.15) is 5.82 Å². The van der Waals surface area contributed by atoms with Crippen LogP contribution in [0.2, 0.25) is 0 Å². The average Bonchev–Trinajstić information content (AvgIpc) is 2.94. The minimum atomic E-state index is -0.664. The van der Waals surface area contributed by atoms with Crippen molar-refractivity contribution in [3.63, 3.8) is 0 Å². The average molecular weight is 298 g/mol. The predicted molar refractivity (Wildman–Crippen MR) is 86.4 cm³/mol. The summed E-state index contributed by atoms with van der Waals surface area (Å²) in [5.74, 6) is -0.278. The number of hydrogen-bond acceptors (Lipinski definition) is 2. The Bertz CT molecular complexity index is 754. The van der Waals surface area contributed by atoms with Crippen molar-refractivity contribution in [2.45, 2.75) is 12.1 Å². The van der Waals surface area contributed by atoms with E-state index in [9.17, 15) is 9.50 Å². The molecule has 0 saturated carbocycles. The predicted octanol–water partition coefficient (Wildman–Crippen LogP) is 2.95. The Kier molecular flexibility index (Phi) is 4.22. The number of hydrogen-bond donors (Lipinski definition) is 2. The van der Waals surface area contributed by atoms with Crippen LogP contribution in [0.15, 0.2) is 60.8 Å². The Labute approximate surface area is 129 Å². The van der Waals surface area contributed by atoms with Crippen LogP contribution in [0.25, 0.3) is 10.9 Å². The number of aliphatic hydroxyl groups excluding tert-OH is 1. The number of aliphatic hydroxyl groups is 1. The standard InChI is InChI=1S/C18H19FN2O/c1-20-12-16(22)18(13-6-3-2-4-7-13)21-11-10-14-8-5-9-15(19)17(14)21/h2-11,16,18,20,22H,12H2,1H3/t16-,18+/m1/s1. The molecule has 0 radical (unpaired) electrons. The van der Waals surface area contributed by atoms with Crippen molar-refractivity contribution < 1.29 is 9.50 Å². The third-order valence-electron chi connectivity index (χ3n) is 3.91. The van der Waals surface area contributed by atoms with Gasteiger partial charge in [-0.3, -0.25) is 0 Å². The molecular formula is C18H19FN2O. The smallest absolute Gasteiger partial charge is 0.147 e. The van der Waals surface area contributed by atoms with Crippen molar-refractivity contribution in [1.29, 1.82) is 0 Å². The van der Waals surface area contributed by atoms with E-state index in [0.717, 1.165) is 10.9 Å². The number of aromatic nitrogens is 1. The van der Waals surface area contributed by atoms with Crippen LogP contribution >= 0.6 is 0 Å². The van der Waals surface area contributed by atoms with E-state index in [-0.39, 0.29) is 11.9 Å². The Morgan fingerprint density at radius 1 is 1.09 bits per heavy atom. The minimum absolute atomic E-state index is 0.278. The summed E-state index contributed by atoms with van der Waals surface area (Å²) < 4.78 is 16.1. The van der Waals surface area contributed by atoms with Crippen LogP contribution in [0, 0.1) is 5.82 Å². The van der Waals surface area contributed by atoms with Crippen molar-refractivity contribution in [2.24, 2.45) is 0 Å². The monoisotopic (exact) mass is 298 g/mol. The van der Waals surface area contributed by atoms with Gasteiger partial charge in [-0.1, -0.05) is 42.5 Å². The second kappa shape index (κ2) is 6.30. The first-order chi connectivity index (χ1) is 10.7.